The number of likely N-dealkylation sites (N-methyl/N-ethyl adjacent to an activating group) is 1. The molecule has 112 valence electrons. The van der Waals surface area contributed by atoms with Crippen LogP contribution in [-0.4, -0.2) is 30.6 Å². The first-order valence-corrected chi connectivity index (χ1v) is 7.53. The molecule has 0 fully saturated rings. The molecule has 2 aromatic rings. The summed E-state index contributed by atoms with van der Waals surface area (Å²) < 4.78 is 0. The van der Waals surface area contributed by atoms with Crippen LogP contribution in [0.5, 0.6) is 0 Å². The minimum absolute atomic E-state index is 0.938. The Morgan fingerprint density at radius 1 is 1.10 bits per heavy atom. The third-order valence-corrected chi connectivity index (χ3v) is 3.60. The lowest BCUT2D eigenvalue weighted by molar-refractivity contribution is 0.827. The topological polar surface area (TPSA) is 41.1 Å². The average molecular weight is 284 g/mol. The number of hydrogen-bond donors (Lipinski definition) is 1. The molecule has 0 radical (unpaired) electrons. The minimum Gasteiger partial charge on any atom is -0.373 e. The molecule has 4 heteroatoms. The highest BCUT2D eigenvalue weighted by Crippen LogP contribution is 2.24. The summed E-state index contributed by atoms with van der Waals surface area (Å²) in [5.74, 6) is 1.97. The zero-order valence-electron chi connectivity index (χ0n) is 13.1. The monoisotopic (exact) mass is 284 g/mol. The highest BCUT2D eigenvalue weighted by Gasteiger charge is 2.13. The molecule has 1 aromatic heterocycles. The van der Waals surface area contributed by atoms with E-state index in [1.54, 1.807) is 6.33 Å². The summed E-state index contributed by atoms with van der Waals surface area (Å²) in [7, 11) is 4.01. The summed E-state index contributed by atoms with van der Waals surface area (Å²) in [5.41, 5.74) is 2.56. The van der Waals surface area contributed by atoms with Gasteiger partial charge in [-0.05, 0) is 18.4 Å². The van der Waals surface area contributed by atoms with E-state index in [4.69, 9.17) is 0 Å². The maximum atomic E-state index is 4.49. The van der Waals surface area contributed by atoms with Crippen LogP contribution in [0.1, 0.15) is 24.5 Å². The molecule has 0 amide bonds. The molecule has 0 saturated carbocycles. The Kier molecular flexibility index (Phi) is 5.55. The predicted molar refractivity (Wildman–Crippen MR) is 89.0 cm³/mol. The van der Waals surface area contributed by atoms with E-state index in [2.05, 4.69) is 64.5 Å². The Morgan fingerprint density at radius 3 is 2.52 bits per heavy atom. The SMILES string of the molecule is CCCc1c(NC)ncnc1N(C)CCc1ccccc1. The maximum absolute atomic E-state index is 4.49. The second kappa shape index (κ2) is 7.62. The maximum Gasteiger partial charge on any atom is 0.137 e. The first kappa shape index (κ1) is 15.3. The van der Waals surface area contributed by atoms with E-state index in [0.29, 0.717) is 0 Å². The molecule has 1 heterocycles. The molecule has 1 aromatic carbocycles. The van der Waals surface area contributed by atoms with Crippen LogP contribution in [0.2, 0.25) is 0 Å². The van der Waals surface area contributed by atoms with E-state index in [-0.39, 0.29) is 0 Å². The van der Waals surface area contributed by atoms with Crippen LogP contribution in [0.4, 0.5) is 11.6 Å². The largest absolute Gasteiger partial charge is 0.373 e. The Balaban J connectivity index is 2.12. The molecule has 0 saturated heterocycles. The Hall–Kier alpha value is -2.10. The number of nitrogens with zero attached hydrogens (tertiary/aromatic N) is 3. The van der Waals surface area contributed by atoms with E-state index in [9.17, 15) is 0 Å². The molecule has 21 heavy (non-hydrogen) atoms. The molecule has 0 unspecified atom stereocenters. The number of hydrogen-bond acceptors (Lipinski definition) is 4. The predicted octanol–water partition coefficient (Wildman–Crippen LogP) is 3.15. The first-order valence-electron chi connectivity index (χ1n) is 7.53. The molecule has 2 rings (SSSR count). The molecule has 0 spiro atoms. The van der Waals surface area contributed by atoms with Gasteiger partial charge < -0.3 is 10.2 Å². The van der Waals surface area contributed by atoms with Gasteiger partial charge >= 0.3 is 0 Å². The fourth-order valence-electron chi connectivity index (χ4n) is 2.48. The normalized spacial score (nSPS) is 10.4. The molecule has 0 aliphatic carbocycles. The van der Waals surface area contributed by atoms with Gasteiger partial charge in [0, 0.05) is 26.2 Å². The number of benzene rings is 1. The average Bonchev–Trinajstić information content (AvgIpc) is 2.54. The lowest BCUT2D eigenvalue weighted by atomic mass is 10.1. The van der Waals surface area contributed by atoms with Crippen molar-refractivity contribution in [1.29, 1.82) is 0 Å². The zero-order valence-corrected chi connectivity index (χ0v) is 13.1. The van der Waals surface area contributed by atoms with Gasteiger partial charge in [0.25, 0.3) is 0 Å². The van der Waals surface area contributed by atoms with E-state index in [0.717, 1.165) is 37.4 Å². The van der Waals surface area contributed by atoms with Gasteiger partial charge in [0.2, 0.25) is 0 Å². The van der Waals surface area contributed by atoms with Gasteiger partial charge in [0.1, 0.15) is 18.0 Å². The smallest absolute Gasteiger partial charge is 0.137 e. The van der Waals surface area contributed by atoms with Gasteiger partial charge in [-0.2, -0.15) is 0 Å². The first-order chi connectivity index (χ1) is 10.3. The number of aromatic nitrogens is 2. The Labute approximate surface area is 127 Å². The highest BCUT2D eigenvalue weighted by molar-refractivity contribution is 5.58. The Bertz CT molecular complexity index is 554. The second-order valence-electron chi connectivity index (χ2n) is 5.18. The van der Waals surface area contributed by atoms with Crippen LogP contribution in [0, 0.1) is 0 Å². The van der Waals surface area contributed by atoms with E-state index in [1.807, 2.05) is 7.05 Å². The van der Waals surface area contributed by atoms with Crippen LogP contribution >= 0.6 is 0 Å². The van der Waals surface area contributed by atoms with Gasteiger partial charge in [0.15, 0.2) is 0 Å². The van der Waals surface area contributed by atoms with E-state index >= 15 is 0 Å². The molecular weight excluding hydrogens is 260 g/mol. The van der Waals surface area contributed by atoms with Gasteiger partial charge in [-0.1, -0.05) is 43.7 Å². The van der Waals surface area contributed by atoms with Gasteiger partial charge in [0.05, 0.1) is 0 Å². The quantitative estimate of drug-likeness (QED) is 0.848. The zero-order chi connectivity index (χ0) is 15.1. The fraction of sp³-hybridized carbons (Fsp3) is 0.412. The van der Waals surface area contributed by atoms with Crippen molar-refractivity contribution in [1.82, 2.24) is 9.97 Å². The van der Waals surface area contributed by atoms with Crippen LogP contribution in [0.3, 0.4) is 0 Å². The van der Waals surface area contributed by atoms with Crippen LogP contribution in [-0.2, 0) is 12.8 Å². The summed E-state index contributed by atoms with van der Waals surface area (Å²) in [5, 5.41) is 3.17. The molecule has 4 nitrogen and oxygen atoms in total. The third-order valence-electron chi connectivity index (χ3n) is 3.60. The van der Waals surface area contributed by atoms with E-state index < -0.39 is 0 Å². The summed E-state index contributed by atoms with van der Waals surface area (Å²) in [6.07, 6.45) is 4.73. The summed E-state index contributed by atoms with van der Waals surface area (Å²) in [6, 6.07) is 10.6. The summed E-state index contributed by atoms with van der Waals surface area (Å²) >= 11 is 0. The molecule has 0 aliphatic rings. The second-order valence-corrected chi connectivity index (χ2v) is 5.18. The molecular formula is C17H24N4. The van der Waals surface area contributed by atoms with Crippen molar-refractivity contribution in [3.05, 3.63) is 47.8 Å². The number of anilines is 2. The molecule has 0 atom stereocenters. The van der Waals surface area contributed by atoms with Crippen LogP contribution < -0.4 is 10.2 Å². The number of rotatable bonds is 7. The van der Waals surface area contributed by atoms with Crippen molar-refractivity contribution < 1.29 is 0 Å². The van der Waals surface area contributed by atoms with Crippen molar-refractivity contribution in [2.75, 3.05) is 30.9 Å². The third kappa shape index (κ3) is 3.94. The highest BCUT2D eigenvalue weighted by atomic mass is 15.2. The van der Waals surface area contributed by atoms with Crippen molar-refractivity contribution in [3.8, 4) is 0 Å². The van der Waals surface area contributed by atoms with Crippen LogP contribution in [0.25, 0.3) is 0 Å². The van der Waals surface area contributed by atoms with Crippen molar-refractivity contribution >= 4 is 11.6 Å². The van der Waals surface area contributed by atoms with Crippen LogP contribution in [0.15, 0.2) is 36.7 Å². The number of nitrogens with one attached hydrogen (secondary N) is 1. The summed E-state index contributed by atoms with van der Waals surface area (Å²) in [6.45, 7) is 3.13. The summed E-state index contributed by atoms with van der Waals surface area (Å²) in [4.78, 5) is 11.0. The lowest BCUT2D eigenvalue weighted by Gasteiger charge is -2.22. The molecule has 0 bridgehead atoms. The fourth-order valence-corrected chi connectivity index (χ4v) is 2.48. The van der Waals surface area contributed by atoms with Gasteiger partial charge in [-0.3, -0.25) is 0 Å². The van der Waals surface area contributed by atoms with Gasteiger partial charge in [-0.15, -0.1) is 0 Å². The van der Waals surface area contributed by atoms with Crippen molar-refractivity contribution in [3.63, 3.8) is 0 Å². The minimum atomic E-state index is 0.938. The molecule has 1 N–H and O–H groups in total. The van der Waals surface area contributed by atoms with Gasteiger partial charge in [-0.25, -0.2) is 9.97 Å². The van der Waals surface area contributed by atoms with Crippen molar-refractivity contribution in [2.45, 2.75) is 26.2 Å². The van der Waals surface area contributed by atoms with E-state index in [1.165, 1.54) is 11.1 Å². The lowest BCUT2D eigenvalue weighted by Crippen LogP contribution is -2.23. The Morgan fingerprint density at radius 2 is 1.86 bits per heavy atom. The molecule has 0 aliphatic heterocycles. The standard InChI is InChI=1S/C17H24N4/c1-4-8-15-16(18-2)19-13-20-17(15)21(3)12-11-14-9-6-5-7-10-14/h5-7,9-10,13H,4,8,11-12H2,1-3H3,(H,18,19,20). The van der Waals surface area contributed by atoms with Crippen molar-refractivity contribution in [2.24, 2.45) is 0 Å².